The molecule has 0 aliphatic heterocycles. The molecule has 0 bridgehead atoms. The van der Waals surface area contributed by atoms with E-state index >= 15 is 0 Å². The predicted molar refractivity (Wildman–Crippen MR) is 103 cm³/mol. The summed E-state index contributed by atoms with van der Waals surface area (Å²) in [7, 11) is 0. The van der Waals surface area contributed by atoms with Gasteiger partial charge in [0.05, 0.1) is 12.7 Å². The Bertz CT molecular complexity index is 938. The van der Waals surface area contributed by atoms with Crippen molar-refractivity contribution in [1.82, 2.24) is 10.9 Å². The molecular weight excluding hydrogens is 353 g/mol. The third kappa shape index (κ3) is 4.37. The van der Waals surface area contributed by atoms with E-state index in [1.165, 1.54) is 17.7 Å². The maximum Gasteiger partial charge on any atom is 0.242 e. The molecule has 1 amide bonds. The first kappa shape index (κ1) is 17.9. The average Bonchev–Trinajstić information content (AvgIpc) is 3.04. The number of benzene rings is 2. The van der Waals surface area contributed by atoms with E-state index in [4.69, 9.17) is 16.6 Å². The Morgan fingerprint density at radius 1 is 1.15 bits per heavy atom. The lowest BCUT2D eigenvalue weighted by molar-refractivity contribution is -0.120. The summed E-state index contributed by atoms with van der Waals surface area (Å²) in [5.74, 6) is -0.586. The Morgan fingerprint density at radius 3 is 2.65 bits per heavy atom. The van der Waals surface area contributed by atoms with Crippen LogP contribution in [0.4, 0.5) is 10.1 Å². The van der Waals surface area contributed by atoms with Gasteiger partial charge in [-0.15, -0.1) is 0 Å². The second-order valence-electron chi connectivity index (χ2n) is 5.76. The van der Waals surface area contributed by atoms with Gasteiger partial charge >= 0.3 is 0 Å². The van der Waals surface area contributed by atoms with Gasteiger partial charge in [0.25, 0.3) is 0 Å². The summed E-state index contributed by atoms with van der Waals surface area (Å²) >= 11 is 5.09. The van der Waals surface area contributed by atoms with Crippen LogP contribution in [0.2, 0.25) is 0 Å². The van der Waals surface area contributed by atoms with Crippen LogP contribution >= 0.6 is 12.2 Å². The molecule has 0 saturated heterocycles. The van der Waals surface area contributed by atoms with Gasteiger partial charge in [-0.3, -0.25) is 15.6 Å². The maximum absolute atomic E-state index is 12.9. The van der Waals surface area contributed by atoms with Gasteiger partial charge in [-0.2, -0.15) is 0 Å². The van der Waals surface area contributed by atoms with Crippen LogP contribution in [0.15, 0.2) is 53.1 Å². The van der Waals surface area contributed by atoms with Gasteiger partial charge in [-0.25, -0.2) is 4.39 Å². The lowest BCUT2D eigenvalue weighted by Gasteiger charge is -2.11. The summed E-state index contributed by atoms with van der Waals surface area (Å²) in [6, 6.07) is 11.7. The third-order valence-electron chi connectivity index (χ3n) is 3.90. The normalized spacial score (nSPS) is 10.5. The van der Waals surface area contributed by atoms with Crippen molar-refractivity contribution in [3.05, 3.63) is 65.7 Å². The summed E-state index contributed by atoms with van der Waals surface area (Å²) in [5, 5.41) is 3.97. The van der Waals surface area contributed by atoms with Gasteiger partial charge in [0.2, 0.25) is 5.91 Å². The number of hydrazine groups is 1. The van der Waals surface area contributed by atoms with Crippen molar-refractivity contribution in [2.75, 3.05) is 5.32 Å². The maximum atomic E-state index is 12.9. The molecule has 1 heterocycles. The van der Waals surface area contributed by atoms with Crippen molar-refractivity contribution in [2.24, 2.45) is 0 Å². The number of halogens is 1. The summed E-state index contributed by atoms with van der Waals surface area (Å²) in [6.07, 6.45) is 2.68. The van der Waals surface area contributed by atoms with Crippen molar-refractivity contribution in [1.29, 1.82) is 0 Å². The Labute approximate surface area is 155 Å². The van der Waals surface area contributed by atoms with E-state index in [0.717, 1.165) is 23.0 Å². The largest absolute Gasteiger partial charge is 0.464 e. The summed E-state index contributed by atoms with van der Waals surface area (Å²) in [6.45, 7) is 2.08. The second-order valence-corrected chi connectivity index (χ2v) is 6.16. The van der Waals surface area contributed by atoms with Crippen LogP contribution in [-0.4, -0.2) is 11.0 Å². The molecular formula is C19H18FN3O2S. The third-order valence-corrected chi connectivity index (χ3v) is 4.10. The molecule has 1 aromatic heterocycles. The Morgan fingerprint density at radius 2 is 1.92 bits per heavy atom. The van der Waals surface area contributed by atoms with E-state index in [9.17, 15) is 9.18 Å². The van der Waals surface area contributed by atoms with Crippen LogP contribution in [0.5, 0.6) is 0 Å². The zero-order valence-electron chi connectivity index (χ0n) is 14.1. The van der Waals surface area contributed by atoms with Crippen molar-refractivity contribution < 1.29 is 13.6 Å². The monoisotopic (exact) mass is 371 g/mol. The number of nitrogens with one attached hydrogen (secondary N) is 3. The Kier molecular flexibility index (Phi) is 5.48. The van der Waals surface area contributed by atoms with Crippen LogP contribution in [0.3, 0.4) is 0 Å². The van der Waals surface area contributed by atoms with Crippen molar-refractivity contribution in [2.45, 2.75) is 19.8 Å². The minimum Gasteiger partial charge on any atom is -0.464 e. The molecule has 3 aromatic rings. The number of hydrogen-bond acceptors (Lipinski definition) is 3. The van der Waals surface area contributed by atoms with Crippen LogP contribution in [0, 0.1) is 5.82 Å². The molecule has 3 N–H and O–H groups in total. The van der Waals surface area contributed by atoms with E-state index in [1.54, 1.807) is 18.4 Å². The van der Waals surface area contributed by atoms with E-state index in [2.05, 4.69) is 23.1 Å². The molecule has 0 spiro atoms. The molecule has 2 aromatic carbocycles. The molecule has 5 nitrogen and oxygen atoms in total. The first-order valence-corrected chi connectivity index (χ1v) is 8.56. The Balaban J connectivity index is 1.54. The molecule has 0 aliphatic rings. The highest BCUT2D eigenvalue weighted by molar-refractivity contribution is 7.80. The SMILES string of the molecule is CCc1ccc2c(CC(=O)NNC(=S)Nc3ccc(F)cc3)coc2c1. The molecule has 0 saturated carbocycles. The fourth-order valence-electron chi connectivity index (χ4n) is 2.52. The minimum absolute atomic E-state index is 0.157. The average molecular weight is 371 g/mol. The molecule has 0 fully saturated rings. The molecule has 0 radical (unpaired) electrons. The fourth-order valence-corrected chi connectivity index (χ4v) is 2.69. The summed E-state index contributed by atoms with van der Waals surface area (Å²) in [5.41, 5.74) is 8.53. The van der Waals surface area contributed by atoms with Gasteiger partial charge < -0.3 is 9.73 Å². The molecule has 3 rings (SSSR count). The molecule has 0 unspecified atom stereocenters. The molecule has 0 aliphatic carbocycles. The quantitative estimate of drug-likeness (QED) is 0.482. The zero-order valence-corrected chi connectivity index (χ0v) is 15.0. The summed E-state index contributed by atoms with van der Waals surface area (Å²) in [4.78, 5) is 12.1. The zero-order chi connectivity index (χ0) is 18.5. The van der Waals surface area contributed by atoms with Gasteiger partial charge in [-0.1, -0.05) is 19.1 Å². The molecule has 134 valence electrons. The number of carbonyl (C=O) groups excluding carboxylic acids is 1. The van der Waals surface area contributed by atoms with Crippen LogP contribution in [0.1, 0.15) is 18.1 Å². The van der Waals surface area contributed by atoms with E-state index in [1.807, 2.05) is 18.2 Å². The first-order chi connectivity index (χ1) is 12.5. The number of anilines is 1. The van der Waals surface area contributed by atoms with Crippen molar-refractivity contribution in [3.8, 4) is 0 Å². The lowest BCUT2D eigenvalue weighted by atomic mass is 10.1. The molecule has 7 heteroatoms. The number of furan rings is 1. The fraction of sp³-hybridized carbons (Fsp3) is 0.158. The standard InChI is InChI=1S/C19H18FN3O2S/c1-2-12-3-8-16-13(11-25-17(16)9-12)10-18(24)22-23-19(26)21-15-6-4-14(20)5-7-15/h3-9,11H,2,10H2,1H3,(H,22,24)(H2,21,23,26). The van der Waals surface area contributed by atoms with Gasteiger partial charge in [0, 0.05) is 16.6 Å². The van der Waals surface area contributed by atoms with Crippen LogP contribution < -0.4 is 16.2 Å². The van der Waals surface area contributed by atoms with Crippen molar-refractivity contribution in [3.63, 3.8) is 0 Å². The molecule has 0 atom stereocenters. The highest BCUT2D eigenvalue weighted by atomic mass is 32.1. The topological polar surface area (TPSA) is 66.3 Å². The number of fused-ring (bicyclic) bond motifs is 1. The van der Waals surface area contributed by atoms with Crippen LogP contribution in [-0.2, 0) is 17.6 Å². The number of amides is 1. The predicted octanol–water partition coefficient (Wildman–Crippen LogP) is 3.69. The van der Waals surface area contributed by atoms with Crippen molar-refractivity contribution >= 4 is 39.9 Å². The first-order valence-electron chi connectivity index (χ1n) is 8.15. The van der Waals surface area contributed by atoms with E-state index in [0.29, 0.717) is 5.69 Å². The molecule has 26 heavy (non-hydrogen) atoms. The Hall–Kier alpha value is -2.93. The van der Waals surface area contributed by atoms with E-state index in [-0.39, 0.29) is 23.3 Å². The minimum atomic E-state index is -0.332. The van der Waals surface area contributed by atoms with Crippen LogP contribution in [0.25, 0.3) is 11.0 Å². The number of thiocarbonyl (C=S) groups is 1. The lowest BCUT2D eigenvalue weighted by Crippen LogP contribution is -2.44. The number of aryl methyl sites for hydroxylation is 1. The second kappa shape index (κ2) is 7.97. The summed E-state index contributed by atoms with van der Waals surface area (Å²) < 4.78 is 18.4. The van der Waals surface area contributed by atoms with E-state index < -0.39 is 0 Å². The number of rotatable bonds is 4. The highest BCUT2D eigenvalue weighted by Crippen LogP contribution is 2.23. The van der Waals surface area contributed by atoms with Gasteiger partial charge in [0.1, 0.15) is 11.4 Å². The van der Waals surface area contributed by atoms with Gasteiger partial charge in [-0.05, 0) is 54.5 Å². The smallest absolute Gasteiger partial charge is 0.242 e. The number of carbonyl (C=O) groups is 1. The number of hydrogen-bond donors (Lipinski definition) is 3. The highest BCUT2D eigenvalue weighted by Gasteiger charge is 2.11. The van der Waals surface area contributed by atoms with Gasteiger partial charge in [0.15, 0.2) is 5.11 Å².